The Morgan fingerprint density at radius 2 is 2.04 bits per heavy atom. The van der Waals surface area contributed by atoms with Crippen molar-refractivity contribution >= 4 is 6.03 Å². The number of benzene rings is 1. The molecule has 2 aromatic rings. The van der Waals surface area contributed by atoms with Crippen molar-refractivity contribution in [3.63, 3.8) is 0 Å². The van der Waals surface area contributed by atoms with E-state index in [1.54, 1.807) is 11.9 Å². The second kappa shape index (κ2) is 6.60. The molecule has 122 valence electrons. The van der Waals surface area contributed by atoms with Crippen LogP contribution in [-0.4, -0.2) is 36.3 Å². The summed E-state index contributed by atoms with van der Waals surface area (Å²) in [7, 11) is 1.71. The van der Waals surface area contributed by atoms with Crippen molar-refractivity contribution in [1.29, 1.82) is 0 Å². The molecule has 1 aromatic carbocycles. The van der Waals surface area contributed by atoms with Crippen molar-refractivity contribution in [3.05, 3.63) is 41.3 Å². The Morgan fingerprint density at radius 1 is 1.26 bits per heavy atom. The van der Waals surface area contributed by atoms with Gasteiger partial charge in [0.25, 0.3) is 0 Å². The fourth-order valence-corrected chi connectivity index (χ4v) is 2.32. The summed E-state index contributed by atoms with van der Waals surface area (Å²) in [6.07, 6.45) is 0. The Balaban J connectivity index is 1.54. The van der Waals surface area contributed by atoms with E-state index >= 15 is 0 Å². The van der Waals surface area contributed by atoms with E-state index in [1.165, 1.54) is 0 Å². The first-order valence-electron chi connectivity index (χ1n) is 7.41. The Labute approximate surface area is 134 Å². The number of fused-ring (bicyclic) bond motifs is 1. The standard InChI is InChI=1S/C16H19N3O4/c1-11-7-13(18-23-11)10-19(2)16(20)17-9-12-3-4-14-15(8-12)22-6-5-21-14/h3-4,7-8H,5-6,9-10H2,1-2H3,(H,17,20). The molecule has 0 radical (unpaired) electrons. The number of aryl methyl sites for hydroxylation is 1. The fraction of sp³-hybridized carbons (Fsp3) is 0.375. The molecule has 0 fully saturated rings. The van der Waals surface area contributed by atoms with Gasteiger partial charge in [-0.25, -0.2) is 4.79 Å². The molecular formula is C16H19N3O4. The van der Waals surface area contributed by atoms with Crippen LogP contribution in [0.5, 0.6) is 11.5 Å². The van der Waals surface area contributed by atoms with E-state index in [1.807, 2.05) is 31.2 Å². The number of ether oxygens (including phenoxy) is 2. The number of nitrogens with zero attached hydrogens (tertiary/aromatic N) is 2. The predicted octanol–water partition coefficient (Wildman–Crippen LogP) is 2.10. The number of aromatic nitrogens is 1. The summed E-state index contributed by atoms with van der Waals surface area (Å²) in [5.74, 6) is 2.18. The molecule has 1 aliphatic heterocycles. The summed E-state index contributed by atoms with van der Waals surface area (Å²) in [5, 5.41) is 6.74. The van der Waals surface area contributed by atoms with E-state index < -0.39 is 0 Å². The van der Waals surface area contributed by atoms with Crippen molar-refractivity contribution in [3.8, 4) is 11.5 Å². The normalized spacial score (nSPS) is 12.8. The average molecular weight is 317 g/mol. The van der Waals surface area contributed by atoms with Gasteiger partial charge < -0.3 is 24.2 Å². The van der Waals surface area contributed by atoms with Crippen LogP contribution in [0.4, 0.5) is 4.79 Å². The van der Waals surface area contributed by atoms with Crippen LogP contribution in [0.15, 0.2) is 28.8 Å². The maximum Gasteiger partial charge on any atom is 0.317 e. The minimum atomic E-state index is -0.180. The van der Waals surface area contributed by atoms with Crippen molar-refractivity contribution in [2.75, 3.05) is 20.3 Å². The minimum absolute atomic E-state index is 0.180. The van der Waals surface area contributed by atoms with Crippen molar-refractivity contribution < 1.29 is 18.8 Å². The zero-order chi connectivity index (χ0) is 16.2. The lowest BCUT2D eigenvalue weighted by molar-refractivity contribution is 0.171. The highest BCUT2D eigenvalue weighted by Crippen LogP contribution is 2.30. The minimum Gasteiger partial charge on any atom is -0.486 e. The molecule has 0 atom stereocenters. The van der Waals surface area contributed by atoms with Crippen LogP contribution in [0, 0.1) is 6.92 Å². The molecule has 1 aliphatic rings. The third-order valence-electron chi connectivity index (χ3n) is 3.47. The van der Waals surface area contributed by atoms with Gasteiger partial charge in [0.1, 0.15) is 24.7 Å². The second-order valence-electron chi connectivity index (χ2n) is 5.42. The van der Waals surface area contributed by atoms with Gasteiger partial charge in [0.05, 0.1) is 6.54 Å². The van der Waals surface area contributed by atoms with E-state index in [2.05, 4.69) is 10.5 Å². The van der Waals surface area contributed by atoms with Crippen LogP contribution in [0.2, 0.25) is 0 Å². The smallest absolute Gasteiger partial charge is 0.317 e. The molecule has 2 amide bonds. The lowest BCUT2D eigenvalue weighted by Crippen LogP contribution is -2.36. The second-order valence-corrected chi connectivity index (χ2v) is 5.42. The molecule has 7 heteroatoms. The number of nitrogens with one attached hydrogen (secondary N) is 1. The molecule has 2 heterocycles. The lowest BCUT2D eigenvalue weighted by Gasteiger charge is -2.20. The molecule has 0 aliphatic carbocycles. The van der Waals surface area contributed by atoms with Crippen LogP contribution in [0.3, 0.4) is 0 Å². The Hall–Kier alpha value is -2.70. The summed E-state index contributed by atoms with van der Waals surface area (Å²) in [5.41, 5.74) is 1.67. The lowest BCUT2D eigenvalue weighted by atomic mass is 10.2. The zero-order valence-corrected chi connectivity index (χ0v) is 13.2. The van der Waals surface area contributed by atoms with Gasteiger partial charge in [-0.05, 0) is 24.6 Å². The molecule has 0 saturated carbocycles. The number of hydrogen-bond acceptors (Lipinski definition) is 5. The number of hydrogen-bond donors (Lipinski definition) is 1. The third-order valence-corrected chi connectivity index (χ3v) is 3.47. The Bertz CT molecular complexity index is 698. The van der Waals surface area contributed by atoms with Crippen LogP contribution in [-0.2, 0) is 13.1 Å². The summed E-state index contributed by atoms with van der Waals surface area (Å²) in [6.45, 7) is 3.73. The first kappa shape index (κ1) is 15.2. The zero-order valence-electron chi connectivity index (χ0n) is 13.2. The van der Waals surface area contributed by atoms with Gasteiger partial charge in [0.2, 0.25) is 0 Å². The summed E-state index contributed by atoms with van der Waals surface area (Å²) in [6, 6.07) is 7.29. The van der Waals surface area contributed by atoms with Crippen LogP contribution < -0.4 is 14.8 Å². The van der Waals surface area contributed by atoms with Gasteiger partial charge in [-0.3, -0.25) is 0 Å². The summed E-state index contributed by atoms with van der Waals surface area (Å²) >= 11 is 0. The number of urea groups is 1. The quantitative estimate of drug-likeness (QED) is 0.934. The van der Waals surface area contributed by atoms with Gasteiger partial charge in [-0.1, -0.05) is 11.2 Å². The van der Waals surface area contributed by atoms with Gasteiger partial charge in [0, 0.05) is 19.7 Å². The number of rotatable bonds is 4. The molecule has 23 heavy (non-hydrogen) atoms. The highest BCUT2D eigenvalue weighted by Gasteiger charge is 2.14. The number of amides is 2. The van der Waals surface area contributed by atoms with E-state index in [0.717, 1.165) is 28.5 Å². The topological polar surface area (TPSA) is 76.8 Å². The highest BCUT2D eigenvalue weighted by molar-refractivity contribution is 5.73. The number of carbonyl (C=O) groups excluding carboxylic acids is 1. The summed E-state index contributed by atoms with van der Waals surface area (Å²) in [4.78, 5) is 13.7. The molecule has 1 N–H and O–H groups in total. The average Bonchev–Trinajstić information content (AvgIpc) is 2.97. The molecule has 0 spiro atoms. The molecule has 7 nitrogen and oxygen atoms in total. The van der Waals surface area contributed by atoms with E-state index in [4.69, 9.17) is 14.0 Å². The van der Waals surface area contributed by atoms with Crippen LogP contribution >= 0.6 is 0 Å². The van der Waals surface area contributed by atoms with Crippen LogP contribution in [0.1, 0.15) is 17.0 Å². The molecule has 0 bridgehead atoms. The third kappa shape index (κ3) is 3.74. The van der Waals surface area contributed by atoms with Crippen molar-refractivity contribution in [1.82, 2.24) is 15.4 Å². The maximum atomic E-state index is 12.1. The van der Waals surface area contributed by atoms with Crippen molar-refractivity contribution in [2.24, 2.45) is 0 Å². The molecule has 0 unspecified atom stereocenters. The largest absolute Gasteiger partial charge is 0.486 e. The first-order chi connectivity index (χ1) is 11.1. The summed E-state index contributed by atoms with van der Waals surface area (Å²) < 4.78 is 16.0. The maximum absolute atomic E-state index is 12.1. The van der Waals surface area contributed by atoms with Crippen molar-refractivity contribution in [2.45, 2.75) is 20.0 Å². The van der Waals surface area contributed by atoms with Gasteiger partial charge in [-0.2, -0.15) is 0 Å². The Kier molecular flexibility index (Phi) is 4.36. The van der Waals surface area contributed by atoms with Crippen LogP contribution in [0.25, 0.3) is 0 Å². The van der Waals surface area contributed by atoms with Gasteiger partial charge >= 0.3 is 6.03 Å². The molecular weight excluding hydrogens is 298 g/mol. The Morgan fingerprint density at radius 3 is 2.78 bits per heavy atom. The fourth-order valence-electron chi connectivity index (χ4n) is 2.32. The van der Waals surface area contributed by atoms with Gasteiger partial charge in [-0.15, -0.1) is 0 Å². The first-order valence-corrected chi connectivity index (χ1v) is 7.41. The monoisotopic (exact) mass is 317 g/mol. The molecule has 1 aromatic heterocycles. The van der Waals surface area contributed by atoms with Gasteiger partial charge in [0.15, 0.2) is 11.5 Å². The van der Waals surface area contributed by atoms with E-state index in [9.17, 15) is 4.79 Å². The highest BCUT2D eigenvalue weighted by atomic mass is 16.6. The molecule has 3 rings (SSSR count). The predicted molar refractivity (Wildman–Crippen MR) is 82.4 cm³/mol. The van der Waals surface area contributed by atoms with E-state index in [0.29, 0.717) is 26.3 Å². The number of carbonyl (C=O) groups is 1. The van der Waals surface area contributed by atoms with E-state index in [-0.39, 0.29) is 6.03 Å². The molecule has 0 saturated heterocycles. The SMILES string of the molecule is Cc1cc(CN(C)C(=O)NCc2ccc3c(c2)OCCO3)no1.